The Bertz CT molecular complexity index is 1180. The van der Waals surface area contributed by atoms with Crippen LogP contribution in [-0.2, 0) is 14.3 Å². The molecule has 2 amide bonds. The molecule has 2 aliphatic carbocycles. The quantitative estimate of drug-likeness (QED) is 0.519. The average Bonchev–Trinajstić information content (AvgIpc) is 3.40. The molecule has 6 nitrogen and oxygen atoms in total. The number of ether oxygens (including phenoxy) is 1. The van der Waals surface area contributed by atoms with Gasteiger partial charge in [0.25, 0.3) is 0 Å². The van der Waals surface area contributed by atoms with Crippen molar-refractivity contribution < 1.29 is 28.3 Å². The summed E-state index contributed by atoms with van der Waals surface area (Å²) in [6.45, 7) is 0. The van der Waals surface area contributed by atoms with Gasteiger partial charge in [0.05, 0.1) is 17.9 Å². The smallest absolute Gasteiger partial charge is 0.237 e. The van der Waals surface area contributed by atoms with E-state index in [1.165, 1.54) is 23.1 Å². The van der Waals surface area contributed by atoms with Gasteiger partial charge in [0.15, 0.2) is 0 Å². The van der Waals surface area contributed by atoms with E-state index in [0.29, 0.717) is 18.4 Å². The third kappa shape index (κ3) is 2.63. The Morgan fingerprint density at radius 1 is 0.848 bits per heavy atom. The van der Waals surface area contributed by atoms with Gasteiger partial charge in [-0.1, -0.05) is 55.7 Å². The van der Waals surface area contributed by atoms with Crippen LogP contribution in [0.5, 0.6) is 0 Å². The second-order valence-electron chi connectivity index (χ2n) is 9.37. The van der Waals surface area contributed by atoms with Crippen molar-refractivity contribution in [1.82, 2.24) is 4.90 Å². The van der Waals surface area contributed by atoms with Crippen molar-refractivity contribution in [3.05, 3.63) is 71.0 Å². The second kappa shape index (κ2) is 7.15. The van der Waals surface area contributed by atoms with E-state index in [9.17, 15) is 23.6 Å². The molecular formula is C26H22FNO5. The van der Waals surface area contributed by atoms with Crippen LogP contribution in [0.15, 0.2) is 48.5 Å². The Kier molecular flexibility index (Phi) is 4.43. The summed E-state index contributed by atoms with van der Waals surface area (Å²) >= 11 is 0. The fourth-order valence-corrected chi connectivity index (χ4v) is 6.22. The highest BCUT2D eigenvalue weighted by molar-refractivity contribution is 6.35. The lowest BCUT2D eigenvalue weighted by molar-refractivity contribution is -0.148. The third-order valence-corrected chi connectivity index (χ3v) is 7.67. The van der Waals surface area contributed by atoms with Gasteiger partial charge in [0.2, 0.25) is 29.0 Å². The average molecular weight is 447 g/mol. The van der Waals surface area contributed by atoms with E-state index in [0.717, 1.165) is 19.3 Å². The zero-order chi connectivity index (χ0) is 22.9. The van der Waals surface area contributed by atoms with Crippen molar-refractivity contribution in [3.8, 4) is 0 Å². The maximum absolute atomic E-state index is 14.1. The van der Waals surface area contributed by atoms with Gasteiger partial charge < -0.3 is 4.74 Å². The highest BCUT2D eigenvalue weighted by Gasteiger charge is 2.75. The van der Waals surface area contributed by atoms with Crippen molar-refractivity contribution in [1.29, 1.82) is 0 Å². The lowest BCUT2D eigenvalue weighted by atomic mass is 9.77. The molecule has 7 heteroatoms. The maximum Gasteiger partial charge on any atom is 0.237 e. The van der Waals surface area contributed by atoms with Crippen molar-refractivity contribution >= 4 is 23.4 Å². The van der Waals surface area contributed by atoms with Gasteiger partial charge in [-0.3, -0.25) is 24.1 Å². The van der Waals surface area contributed by atoms with Crippen LogP contribution in [-0.4, -0.2) is 39.9 Å². The minimum Gasteiger partial charge on any atom is -0.349 e. The molecule has 2 heterocycles. The summed E-state index contributed by atoms with van der Waals surface area (Å²) in [7, 11) is 0. The summed E-state index contributed by atoms with van der Waals surface area (Å²) in [5.41, 5.74) is -1.37. The Morgan fingerprint density at radius 3 is 2.15 bits per heavy atom. The summed E-state index contributed by atoms with van der Waals surface area (Å²) in [6, 6.07) is 11.7. The van der Waals surface area contributed by atoms with E-state index in [2.05, 4.69) is 0 Å². The molecule has 1 spiro atoms. The second-order valence-corrected chi connectivity index (χ2v) is 9.37. The number of imide groups is 1. The van der Waals surface area contributed by atoms with Gasteiger partial charge in [-0.25, -0.2) is 4.39 Å². The van der Waals surface area contributed by atoms with E-state index >= 15 is 0 Å². The first-order valence-electron chi connectivity index (χ1n) is 11.4. The number of nitrogens with zero attached hydrogens (tertiary/aromatic N) is 1. The molecule has 1 saturated carbocycles. The van der Waals surface area contributed by atoms with E-state index in [4.69, 9.17) is 4.74 Å². The van der Waals surface area contributed by atoms with Gasteiger partial charge in [-0.05, 0) is 30.5 Å². The fourth-order valence-electron chi connectivity index (χ4n) is 6.22. The Balaban J connectivity index is 1.51. The number of Topliss-reactive ketones (excluding diaryl/α,β-unsaturated/α-hetero) is 2. The number of hydrogen-bond donors (Lipinski definition) is 0. The van der Waals surface area contributed by atoms with Gasteiger partial charge in [-0.2, -0.15) is 0 Å². The lowest BCUT2D eigenvalue weighted by Gasteiger charge is -2.33. The van der Waals surface area contributed by atoms with E-state index < -0.39 is 52.7 Å². The summed E-state index contributed by atoms with van der Waals surface area (Å²) in [5.74, 6) is -4.98. The summed E-state index contributed by atoms with van der Waals surface area (Å²) in [6.07, 6.45) is 3.21. The van der Waals surface area contributed by atoms with Crippen LogP contribution in [0.1, 0.15) is 64.5 Å². The van der Waals surface area contributed by atoms with Crippen molar-refractivity contribution in [2.24, 2.45) is 11.8 Å². The molecule has 3 fully saturated rings. The SMILES string of the molecule is O=C1[C@H]2[C@H](c3cccc(F)c3)OC3(C(=O)c4ccccc4C3=O)[C@H]2C(=O)N1C1CCCCC1. The largest absolute Gasteiger partial charge is 0.349 e. The molecule has 0 N–H and O–H groups in total. The fraction of sp³-hybridized carbons (Fsp3) is 0.385. The Hall–Kier alpha value is -3.19. The molecule has 3 atom stereocenters. The van der Waals surface area contributed by atoms with Crippen molar-refractivity contribution in [3.63, 3.8) is 0 Å². The van der Waals surface area contributed by atoms with E-state index in [-0.39, 0.29) is 17.2 Å². The normalized spacial score (nSPS) is 28.6. The number of rotatable bonds is 2. The Labute approximate surface area is 189 Å². The maximum atomic E-state index is 14.1. The van der Waals surface area contributed by atoms with Gasteiger partial charge >= 0.3 is 0 Å². The molecule has 2 aromatic carbocycles. The molecule has 0 bridgehead atoms. The van der Waals surface area contributed by atoms with Crippen LogP contribution >= 0.6 is 0 Å². The predicted molar refractivity (Wildman–Crippen MR) is 114 cm³/mol. The minimum absolute atomic E-state index is 0.192. The highest BCUT2D eigenvalue weighted by atomic mass is 19.1. The van der Waals surface area contributed by atoms with Crippen molar-refractivity contribution in [2.75, 3.05) is 0 Å². The first-order chi connectivity index (χ1) is 15.9. The molecule has 0 radical (unpaired) electrons. The number of fused-ring (bicyclic) bond motifs is 3. The number of halogens is 1. The first kappa shape index (κ1) is 20.4. The van der Waals surface area contributed by atoms with Crippen LogP contribution < -0.4 is 0 Å². The molecule has 2 saturated heterocycles. The zero-order valence-corrected chi connectivity index (χ0v) is 17.8. The van der Waals surface area contributed by atoms with Crippen molar-refractivity contribution in [2.45, 2.75) is 49.9 Å². The van der Waals surface area contributed by atoms with Gasteiger partial charge in [0, 0.05) is 17.2 Å². The van der Waals surface area contributed by atoms with Crippen LogP contribution in [0.25, 0.3) is 0 Å². The molecule has 4 aliphatic rings. The number of hydrogen-bond acceptors (Lipinski definition) is 5. The van der Waals surface area contributed by atoms with E-state index in [1.54, 1.807) is 30.3 Å². The number of benzene rings is 2. The predicted octanol–water partition coefficient (Wildman–Crippen LogP) is 3.65. The summed E-state index contributed by atoms with van der Waals surface area (Å²) in [5, 5.41) is 0. The number of likely N-dealkylation sites (tertiary alicyclic amines) is 1. The molecule has 2 aliphatic heterocycles. The van der Waals surface area contributed by atoms with Gasteiger partial charge in [-0.15, -0.1) is 0 Å². The monoisotopic (exact) mass is 447 g/mol. The standard InChI is InChI=1S/C26H22FNO5/c27-15-8-6-7-14(13-15)21-19-20(25(32)28(24(19)31)16-9-2-1-3-10-16)26(33-21)22(29)17-11-4-5-12-18(17)23(26)30/h4-8,11-13,16,19-21H,1-3,9-10H2/t19-,20-,21+/m1/s1. The van der Waals surface area contributed by atoms with Gasteiger partial charge in [0.1, 0.15) is 5.82 Å². The number of ketones is 2. The molecule has 168 valence electrons. The number of carbonyl (C=O) groups excluding carboxylic acids is 4. The molecule has 33 heavy (non-hydrogen) atoms. The summed E-state index contributed by atoms with van der Waals surface area (Å²) in [4.78, 5) is 56.1. The first-order valence-corrected chi connectivity index (χ1v) is 11.4. The van der Waals surface area contributed by atoms with Crippen LogP contribution in [0.4, 0.5) is 4.39 Å². The summed E-state index contributed by atoms with van der Waals surface area (Å²) < 4.78 is 20.3. The van der Waals surface area contributed by atoms with E-state index in [1.807, 2.05) is 0 Å². The number of carbonyl (C=O) groups is 4. The van der Waals surface area contributed by atoms with Crippen LogP contribution in [0.2, 0.25) is 0 Å². The van der Waals surface area contributed by atoms with Crippen LogP contribution in [0.3, 0.4) is 0 Å². The lowest BCUT2D eigenvalue weighted by Crippen LogP contribution is -2.52. The topological polar surface area (TPSA) is 80.8 Å². The minimum atomic E-state index is -2.10. The Morgan fingerprint density at radius 2 is 1.52 bits per heavy atom. The molecular weight excluding hydrogens is 425 g/mol. The van der Waals surface area contributed by atoms with Crippen LogP contribution in [0, 0.1) is 17.7 Å². The number of amides is 2. The molecule has 2 aromatic rings. The molecule has 6 rings (SSSR count). The molecule has 0 unspecified atom stereocenters. The molecule has 0 aromatic heterocycles. The third-order valence-electron chi connectivity index (χ3n) is 7.67. The zero-order valence-electron chi connectivity index (χ0n) is 17.8. The highest BCUT2D eigenvalue weighted by Crippen LogP contribution is 2.57.